The van der Waals surface area contributed by atoms with Gasteiger partial charge in [0.25, 0.3) is 5.91 Å². The van der Waals surface area contributed by atoms with Crippen molar-refractivity contribution in [3.63, 3.8) is 0 Å². The Morgan fingerprint density at radius 1 is 1.33 bits per heavy atom. The van der Waals surface area contributed by atoms with Crippen molar-refractivity contribution in [3.8, 4) is 5.82 Å². The number of carbonyl (C=O) groups excluding carboxylic acids is 1. The van der Waals surface area contributed by atoms with Gasteiger partial charge in [0.1, 0.15) is 0 Å². The summed E-state index contributed by atoms with van der Waals surface area (Å²) in [6, 6.07) is 8.86. The average molecular weight is 405 g/mol. The van der Waals surface area contributed by atoms with Crippen molar-refractivity contribution >= 4 is 5.91 Å². The molecule has 0 aliphatic heterocycles. The molecule has 2 heterocycles. The van der Waals surface area contributed by atoms with E-state index < -0.39 is 6.04 Å². The van der Waals surface area contributed by atoms with Gasteiger partial charge in [0.05, 0.1) is 24.5 Å². The average Bonchev–Trinajstić information content (AvgIpc) is 3.44. The Labute approximate surface area is 173 Å². The second-order valence-corrected chi connectivity index (χ2v) is 8.02. The van der Waals surface area contributed by atoms with Gasteiger partial charge in [0.2, 0.25) is 12.0 Å². The van der Waals surface area contributed by atoms with Crippen LogP contribution in [0.5, 0.6) is 0 Å². The highest BCUT2D eigenvalue weighted by Crippen LogP contribution is 2.49. The van der Waals surface area contributed by atoms with Crippen LogP contribution < -0.4 is 10.0 Å². The molecule has 1 saturated carbocycles. The highest BCUT2D eigenvalue weighted by molar-refractivity contribution is 5.94. The predicted molar refractivity (Wildman–Crippen MR) is 108 cm³/mol. The van der Waals surface area contributed by atoms with Crippen LogP contribution >= 0.6 is 0 Å². The van der Waals surface area contributed by atoms with Gasteiger partial charge in [-0.25, -0.2) is 9.67 Å². The van der Waals surface area contributed by atoms with Crippen LogP contribution in [0.2, 0.25) is 0 Å². The predicted octanol–water partition coefficient (Wildman–Crippen LogP) is 1.80. The number of benzene rings is 1. The largest absolute Gasteiger partial charge is 0.619 e. The summed E-state index contributed by atoms with van der Waals surface area (Å²) in [4.78, 5) is 17.5. The molecule has 0 spiro atoms. The van der Waals surface area contributed by atoms with Crippen molar-refractivity contribution in [2.24, 2.45) is 5.92 Å². The molecule has 1 fully saturated rings. The van der Waals surface area contributed by atoms with Crippen LogP contribution in [0.4, 0.5) is 0 Å². The highest BCUT2D eigenvalue weighted by Gasteiger charge is 2.43. The summed E-state index contributed by atoms with van der Waals surface area (Å²) in [5.41, 5.74) is 3.13. The molecule has 3 atom stereocenters. The molecule has 0 bridgehead atoms. The van der Waals surface area contributed by atoms with Crippen molar-refractivity contribution in [1.82, 2.24) is 20.1 Å². The molecule has 8 nitrogen and oxygen atoms in total. The molecule has 154 valence electrons. The lowest BCUT2D eigenvalue weighted by atomic mass is 9.99. The van der Waals surface area contributed by atoms with E-state index in [1.165, 1.54) is 18.6 Å². The molecule has 8 heteroatoms. The number of hydrogen-bond acceptors (Lipinski definition) is 5. The summed E-state index contributed by atoms with van der Waals surface area (Å²) in [5.74, 6) is 0.927. The van der Waals surface area contributed by atoms with E-state index in [0.29, 0.717) is 28.1 Å². The third kappa shape index (κ3) is 3.13. The summed E-state index contributed by atoms with van der Waals surface area (Å²) < 4.78 is 2.36. The first-order valence-corrected chi connectivity index (χ1v) is 10.3. The van der Waals surface area contributed by atoms with Crippen LogP contribution in [0, 0.1) is 11.1 Å². The molecule has 3 aromatic rings. The number of rotatable bonds is 5. The van der Waals surface area contributed by atoms with Crippen LogP contribution in [0.15, 0.2) is 48.9 Å². The first kappa shape index (κ1) is 18.7. The van der Waals surface area contributed by atoms with Gasteiger partial charge in [-0.05, 0) is 30.7 Å². The van der Waals surface area contributed by atoms with Crippen LogP contribution in [-0.4, -0.2) is 32.4 Å². The Balaban J connectivity index is 1.53. The van der Waals surface area contributed by atoms with Gasteiger partial charge in [0.15, 0.2) is 11.9 Å². The summed E-state index contributed by atoms with van der Waals surface area (Å²) in [6.07, 6.45) is 8.29. The van der Waals surface area contributed by atoms with Crippen molar-refractivity contribution in [2.45, 2.75) is 37.6 Å². The molecule has 2 aliphatic carbocycles. The molecule has 1 aromatic carbocycles. The molecular weight excluding hydrogens is 382 g/mol. The summed E-state index contributed by atoms with van der Waals surface area (Å²) >= 11 is 0. The zero-order valence-corrected chi connectivity index (χ0v) is 16.4. The second-order valence-electron chi connectivity index (χ2n) is 8.02. The van der Waals surface area contributed by atoms with Gasteiger partial charge < -0.3 is 15.6 Å². The lowest BCUT2D eigenvalue weighted by Crippen LogP contribution is -2.32. The van der Waals surface area contributed by atoms with E-state index in [0.717, 1.165) is 42.5 Å². The summed E-state index contributed by atoms with van der Waals surface area (Å²) in [6.45, 7) is -0.208. The fourth-order valence-corrected chi connectivity index (χ4v) is 4.93. The third-order valence-electron chi connectivity index (χ3n) is 6.28. The zero-order valence-electron chi connectivity index (χ0n) is 16.4. The van der Waals surface area contributed by atoms with Gasteiger partial charge in [-0.1, -0.05) is 36.8 Å². The number of nitrogens with one attached hydrogen (secondary N) is 1. The molecule has 0 saturated heterocycles. The number of aromatic nitrogens is 4. The SMILES string of the molecule is O=C(N[C@H](CO)c1ccccc1)c1nn(-c2c[n+]([O-])ccn2)c2c1C[C@H]1CCC[C@@H]21. The minimum Gasteiger partial charge on any atom is -0.619 e. The molecule has 0 unspecified atom stereocenters. The minimum atomic E-state index is -0.515. The van der Waals surface area contributed by atoms with Crippen LogP contribution in [0.3, 0.4) is 0 Å². The minimum absolute atomic E-state index is 0.208. The van der Waals surface area contributed by atoms with Gasteiger partial charge in [-0.15, -0.1) is 0 Å². The number of carbonyl (C=O) groups is 1. The molecule has 2 N–H and O–H groups in total. The fraction of sp³-hybridized carbons (Fsp3) is 0.364. The lowest BCUT2D eigenvalue weighted by Gasteiger charge is -2.16. The molecule has 5 rings (SSSR count). The lowest BCUT2D eigenvalue weighted by molar-refractivity contribution is -0.605. The first-order valence-electron chi connectivity index (χ1n) is 10.3. The Morgan fingerprint density at radius 3 is 2.93 bits per heavy atom. The molecule has 2 aromatic heterocycles. The van der Waals surface area contributed by atoms with E-state index in [2.05, 4.69) is 15.4 Å². The van der Waals surface area contributed by atoms with Crippen LogP contribution in [0.25, 0.3) is 5.82 Å². The maximum absolute atomic E-state index is 13.2. The first-order chi connectivity index (χ1) is 14.7. The van der Waals surface area contributed by atoms with Crippen molar-refractivity contribution in [3.05, 3.63) is 76.6 Å². The van der Waals surface area contributed by atoms with E-state index in [4.69, 9.17) is 0 Å². The molecule has 0 radical (unpaired) electrons. The van der Waals surface area contributed by atoms with Gasteiger partial charge in [-0.3, -0.25) is 4.79 Å². The standard InChI is InChI=1S/C22H23N5O3/c28-13-18(14-5-2-1-3-6-14)24-22(29)20-17-11-15-7-4-8-16(15)21(17)27(25-20)19-12-26(30)10-9-23-19/h1-3,5-6,9-10,12,15-16,18,28H,4,7-8,11,13H2,(H,24,29)/t15-,16-,18-/m1/s1. The second kappa shape index (κ2) is 7.53. The van der Waals surface area contributed by atoms with Gasteiger partial charge in [-0.2, -0.15) is 9.83 Å². The molecule has 1 amide bonds. The van der Waals surface area contributed by atoms with Crippen molar-refractivity contribution < 1.29 is 14.6 Å². The molecular formula is C22H23N5O3. The van der Waals surface area contributed by atoms with E-state index in [9.17, 15) is 15.1 Å². The Hall–Kier alpha value is -3.26. The molecule has 2 aliphatic rings. The third-order valence-corrected chi connectivity index (χ3v) is 6.28. The fourth-order valence-electron chi connectivity index (χ4n) is 4.93. The monoisotopic (exact) mass is 405 g/mol. The quantitative estimate of drug-likeness (QED) is 0.497. The van der Waals surface area contributed by atoms with Crippen molar-refractivity contribution in [1.29, 1.82) is 0 Å². The highest BCUT2D eigenvalue weighted by atomic mass is 16.5. The maximum atomic E-state index is 13.2. The summed E-state index contributed by atoms with van der Waals surface area (Å²) in [7, 11) is 0. The maximum Gasteiger partial charge on any atom is 0.272 e. The van der Waals surface area contributed by atoms with E-state index in [1.807, 2.05) is 30.3 Å². The van der Waals surface area contributed by atoms with Crippen LogP contribution in [-0.2, 0) is 6.42 Å². The topological polar surface area (TPSA) is 107 Å². The number of aliphatic hydroxyl groups excluding tert-OH is 1. The van der Waals surface area contributed by atoms with Gasteiger partial charge >= 0.3 is 0 Å². The number of amides is 1. The van der Waals surface area contributed by atoms with E-state index in [1.54, 1.807) is 4.68 Å². The van der Waals surface area contributed by atoms with Crippen molar-refractivity contribution in [2.75, 3.05) is 6.61 Å². The number of nitrogens with zero attached hydrogens (tertiary/aromatic N) is 4. The zero-order chi connectivity index (χ0) is 20.7. The Bertz CT molecular complexity index is 1080. The summed E-state index contributed by atoms with van der Waals surface area (Å²) in [5, 5.41) is 29.1. The number of hydrogen-bond donors (Lipinski definition) is 2. The van der Waals surface area contributed by atoms with E-state index >= 15 is 0 Å². The van der Waals surface area contributed by atoms with Gasteiger partial charge in [0, 0.05) is 11.5 Å². The van der Waals surface area contributed by atoms with Crippen LogP contribution in [0.1, 0.15) is 58.5 Å². The normalized spacial score (nSPS) is 20.6. The number of fused-ring (bicyclic) bond motifs is 3. The smallest absolute Gasteiger partial charge is 0.272 e. The Kier molecular flexibility index (Phi) is 4.71. The van der Waals surface area contributed by atoms with E-state index in [-0.39, 0.29) is 12.5 Å². The molecule has 30 heavy (non-hydrogen) atoms. The Morgan fingerprint density at radius 2 is 2.17 bits per heavy atom. The number of aliphatic hydroxyl groups is 1.